The third-order valence-electron chi connectivity index (χ3n) is 7.46. The average Bonchev–Trinajstić information content (AvgIpc) is 2.92. The van der Waals surface area contributed by atoms with Gasteiger partial charge in [0.15, 0.2) is 30.3 Å². The number of fused-ring (bicyclic) bond motifs is 2. The predicted octanol–water partition coefficient (Wildman–Crippen LogP) is 3.45. The molecule has 2 aromatic carbocycles. The van der Waals surface area contributed by atoms with Crippen LogP contribution in [0.1, 0.15) is 46.9 Å². The van der Waals surface area contributed by atoms with Crippen molar-refractivity contribution in [2.24, 2.45) is 5.92 Å². The summed E-state index contributed by atoms with van der Waals surface area (Å²) in [6, 6.07) is 10.3. The molecular weight excluding hydrogens is 537 g/mol. The lowest BCUT2D eigenvalue weighted by Crippen LogP contribution is -2.49. The molecule has 0 amide bonds. The average molecular weight is 562 g/mol. The van der Waals surface area contributed by atoms with Gasteiger partial charge in [0.05, 0.1) is 24.9 Å². The fraction of sp³-hybridized carbons (Fsp3) is 0.429. The van der Waals surface area contributed by atoms with Gasteiger partial charge in [0, 0.05) is 36.0 Å². The number of hydrogen-bond donors (Lipinski definition) is 1. The molecule has 40 heavy (non-hydrogen) atoms. The zero-order valence-electron chi connectivity index (χ0n) is 21.4. The molecule has 4 unspecified atom stereocenters. The number of carbonyl (C=O) groups is 4. The van der Waals surface area contributed by atoms with Crippen LogP contribution in [0.2, 0.25) is 0 Å². The fourth-order valence-electron chi connectivity index (χ4n) is 5.38. The summed E-state index contributed by atoms with van der Waals surface area (Å²) >= 11 is 0. The summed E-state index contributed by atoms with van der Waals surface area (Å²) in [6.45, 7) is 1.39. The normalized spacial score (nSPS) is 28.8. The van der Waals surface area contributed by atoms with E-state index in [9.17, 15) is 37.5 Å². The van der Waals surface area contributed by atoms with Crippen LogP contribution in [0.5, 0.6) is 0 Å². The molecule has 1 saturated heterocycles. The summed E-state index contributed by atoms with van der Waals surface area (Å²) in [5.74, 6) is -5.08. The van der Waals surface area contributed by atoms with Crippen molar-refractivity contribution in [1.29, 1.82) is 0 Å². The molecule has 0 saturated carbocycles. The second-order valence-corrected chi connectivity index (χ2v) is 10.00. The van der Waals surface area contributed by atoms with Gasteiger partial charge in [0.25, 0.3) is 0 Å². The van der Waals surface area contributed by atoms with E-state index < -0.39 is 72.7 Å². The van der Waals surface area contributed by atoms with Crippen LogP contribution in [0.3, 0.4) is 0 Å². The number of ketones is 3. The van der Waals surface area contributed by atoms with E-state index in [4.69, 9.17) is 18.9 Å². The summed E-state index contributed by atoms with van der Waals surface area (Å²) in [5, 5.41) is 11.8. The molecule has 9 nitrogen and oxygen atoms in total. The van der Waals surface area contributed by atoms with E-state index in [0.29, 0.717) is 5.39 Å². The molecule has 0 bridgehead atoms. The highest BCUT2D eigenvalue weighted by Crippen LogP contribution is 2.40. The third kappa shape index (κ3) is 5.07. The van der Waals surface area contributed by atoms with Gasteiger partial charge in [-0.2, -0.15) is 13.2 Å². The molecule has 0 radical (unpaired) electrons. The standard InChI is InChI=1S/C28H25F3O9/c1-12-23(33)15(9-20(32)28(29,30)31)10-21(38-12)40-27-22-18(11-19(39-27)26(36)37-2)24(34)16-7-13-5-3-4-6-14(13)8-17(16)25(22)35/h3-8,12,15,19,21,23,27,33H,9-11H2,1-2H3/t12?,15?,19-,21?,23?,27-/m0/s1. The Morgan fingerprint density at radius 3 is 2.27 bits per heavy atom. The third-order valence-corrected chi connectivity index (χ3v) is 7.46. The quantitative estimate of drug-likeness (QED) is 0.546. The minimum Gasteiger partial charge on any atom is -0.467 e. The molecule has 0 aromatic heterocycles. The molecular formula is C28H25F3O9. The topological polar surface area (TPSA) is 125 Å². The maximum atomic E-state index is 13.7. The number of carbonyl (C=O) groups excluding carboxylic acids is 4. The number of benzene rings is 2. The minimum absolute atomic E-state index is 0.00729. The first-order valence-corrected chi connectivity index (χ1v) is 12.6. The Hall–Kier alpha value is -3.45. The summed E-state index contributed by atoms with van der Waals surface area (Å²) in [4.78, 5) is 51.4. The van der Waals surface area contributed by atoms with Crippen LogP contribution in [0.25, 0.3) is 10.8 Å². The van der Waals surface area contributed by atoms with Crippen LogP contribution in [0.15, 0.2) is 47.5 Å². The molecule has 2 aliphatic heterocycles. The first-order valence-electron chi connectivity index (χ1n) is 12.6. The number of hydrogen-bond acceptors (Lipinski definition) is 9. The van der Waals surface area contributed by atoms with Crippen molar-refractivity contribution in [2.45, 2.75) is 63.3 Å². The smallest absolute Gasteiger partial charge is 0.449 e. The monoisotopic (exact) mass is 562 g/mol. The zero-order chi connectivity index (χ0) is 28.9. The summed E-state index contributed by atoms with van der Waals surface area (Å²) in [5.41, 5.74) is 0.103. The van der Waals surface area contributed by atoms with Gasteiger partial charge < -0.3 is 24.1 Å². The van der Waals surface area contributed by atoms with Crippen LogP contribution in [-0.2, 0) is 28.5 Å². The van der Waals surface area contributed by atoms with E-state index in [1.165, 1.54) is 6.92 Å². The van der Waals surface area contributed by atoms with Crippen LogP contribution in [0.4, 0.5) is 13.2 Å². The molecule has 212 valence electrons. The van der Waals surface area contributed by atoms with E-state index in [1.807, 2.05) is 0 Å². The minimum atomic E-state index is -5.08. The molecule has 5 rings (SSSR count). The van der Waals surface area contributed by atoms with Crippen molar-refractivity contribution < 1.29 is 56.4 Å². The molecule has 6 atom stereocenters. The Bertz CT molecular complexity index is 1430. The van der Waals surface area contributed by atoms with Gasteiger partial charge in [-0.3, -0.25) is 14.4 Å². The highest BCUT2D eigenvalue weighted by atomic mass is 19.4. The fourth-order valence-corrected chi connectivity index (χ4v) is 5.38. The van der Waals surface area contributed by atoms with E-state index in [0.717, 1.165) is 12.5 Å². The molecule has 1 fully saturated rings. The number of halogens is 3. The summed E-state index contributed by atoms with van der Waals surface area (Å²) < 4.78 is 60.7. The Kier molecular flexibility index (Phi) is 7.38. The molecule has 0 spiro atoms. The largest absolute Gasteiger partial charge is 0.467 e. The van der Waals surface area contributed by atoms with Crippen LogP contribution in [0, 0.1) is 5.92 Å². The van der Waals surface area contributed by atoms with E-state index in [1.54, 1.807) is 36.4 Å². The van der Waals surface area contributed by atoms with Gasteiger partial charge in [-0.25, -0.2) is 4.79 Å². The Morgan fingerprint density at radius 1 is 1.05 bits per heavy atom. The van der Waals surface area contributed by atoms with Crippen molar-refractivity contribution in [1.82, 2.24) is 0 Å². The number of ether oxygens (including phenoxy) is 4. The van der Waals surface area contributed by atoms with E-state index >= 15 is 0 Å². The molecule has 1 N–H and O–H groups in total. The van der Waals surface area contributed by atoms with Crippen molar-refractivity contribution in [2.75, 3.05) is 7.11 Å². The molecule has 2 aromatic rings. The highest BCUT2D eigenvalue weighted by Gasteiger charge is 2.48. The van der Waals surface area contributed by atoms with Gasteiger partial charge in [-0.1, -0.05) is 24.3 Å². The predicted molar refractivity (Wildman–Crippen MR) is 130 cm³/mol. The van der Waals surface area contributed by atoms with Crippen LogP contribution < -0.4 is 0 Å². The second kappa shape index (κ2) is 10.5. The molecule has 12 heteroatoms. The van der Waals surface area contributed by atoms with Crippen LogP contribution in [-0.4, -0.2) is 72.6 Å². The van der Waals surface area contributed by atoms with Gasteiger partial charge in [0.1, 0.15) is 0 Å². The number of aliphatic hydroxyl groups excluding tert-OH is 1. The van der Waals surface area contributed by atoms with Crippen molar-refractivity contribution in [3.05, 3.63) is 58.7 Å². The van der Waals surface area contributed by atoms with E-state index in [-0.39, 0.29) is 35.1 Å². The summed E-state index contributed by atoms with van der Waals surface area (Å²) in [6.07, 6.45) is -13.4. The molecule has 1 aliphatic carbocycles. The SMILES string of the molecule is COC(=O)[C@@H]1CC2=C(C(=O)c3cc4ccccc4cc3C2=O)[C@H](OC2CC(CC(=O)C(F)(F)F)C(O)C(C)O2)O1. The summed E-state index contributed by atoms with van der Waals surface area (Å²) in [7, 11) is 1.12. The van der Waals surface area contributed by atoms with Gasteiger partial charge in [0.2, 0.25) is 5.78 Å². The maximum Gasteiger partial charge on any atom is 0.449 e. The first kappa shape index (κ1) is 28.1. The Morgan fingerprint density at radius 2 is 1.68 bits per heavy atom. The zero-order valence-corrected chi connectivity index (χ0v) is 21.4. The number of alkyl halides is 3. The van der Waals surface area contributed by atoms with Gasteiger partial charge in [-0.15, -0.1) is 0 Å². The van der Waals surface area contributed by atoms with Crippen molar-refractivity contribution >= 4 is 34.1 Å². The number of Topliss-reactive ketones (excluding diaryl/α,β-unsaturated/α-hetero) is 3. The first-order chi connectivity index (χ1) is 18.9. The number of esters is 1. The van der Waals surface area contributed by atoms with Crippen LogP contribution >= 0.6 is 0 Å². The van der Waals surface area contributed by atoms with Gasteiger partial charge in [-0.05, 0) is 35.7 Å². The maximum absolute atomic E-state index is 13.7. The second-order valence-electron chi connectivity index (χ2n) is 10.00. The van der Waals surface area contributed by atoms with Gasteiger partial charge >= 0.3 is 12.1 Å². The highest BCUT2D eigenvalue weighted by molar-refractivity contribution is 6.28. The number of methoxy groups -OCH3 is 1. The lowest BCUT2D eigenvalue weighted by molar-refractivity contribution is -0.290. The number of aliphatic hydroxyl groups is 1. The Labute approximate surface area is 225 Å². The lowest BCUT2D eigenvalue weighted by Gasteiger charge is -2.41. The molecule has 3 aliphatic rings. The van der Waals surface area contributed by atoms with E-state index in [2.05, 4.69) is 0 Å². The van der Waals surface area contributed by atoms with Crippen molar-refractivity contribution in [3.63, 3.8) is 0 Å². The molecule has 2 heterocycles. The Balaban J connectivity index is 1.48. The number of rotatable bonds is 5. The lowest BCUT2D eigenvalue weighted by atomic mass is 9.79. The van der Waals surface area contributed by atoms with Crippen molar-refractivity contribution in [3.8, 4) is 0 Å².